The first-order valence-electron chi connectivity index (χ1n) is 12.4. The number of rotatable bonds is 7. The van der Waals surface area contributed by atoms with Gasteiger partial charge < -0.3 is 23.7 Å². The van der Waals surface area contributed by atoms with Gasteiger partial charge in [0, 0.05) is 12.0 Å². The van der Waals surface area contributed by atoms with Crippen LogP contribution >= 0.6 is 11.6 Å². The van der Waals surface area contributed by atoms with Gasteiger partial charge in [-0.2, -0.15) is 0 Å². The summed E-state index contributed by atoms with van der Waals surface area (Å²) >= 11 is 7.07. The van der Waals surface area contributed by atoms with E-state index in [1.54, 1.807) is 14.2 Å². The summed E-state index contributed by atoms with van der Waals surface area (Å²) in [6, 6.07) is 11.7. The standard InChI is InChI=1S/C28H37ClO6Si/c1-27(2,3)36(6,7)35-23-15-20(30)26(31)28(23)19-14-21(34-16-17-11-9-8-10-12-17)25(33-5)24(32-4)18(19)13-22(28)29/h8-12,14,22-23,26,31H,13,15-16H2,1-7H3/t22-,23-,26+,28-/m0/s1. The Bertz CT molecular complexity index is 1130. The Morgan fingerprint density at radius 1 is 1.08 bits per heavy atom. The maximum atomic E-state index is 13.0. The molecule has 0 heterocycles. The van der Waals surface area contributed by atoms with Crippen molar-refractivity contribution in [3.63, 3.8) is 0 Å². The van der Waals surface area contributed by atoms with Crippen molar-refractivity contribution >= 4 is 25.7 Å². The molecule has 1 N–H and O–H groups in total. The fourth-order valence-electron chi connectivity index (χ4n) is 5.28. The number of carbonyl (C=O) groups is 1. The van der Waals surface area contributed by atoms with Crippen molar-refractivity contribution in [2.45, 2.75) is 81.4 Å². The Morgan fingerprint density at radius 3 is 2.31 bits per heavy atom. The fraction of sp³-hybridized carbons (Fsp3) is 0.536. The molecule has 36 heavy (non-hydrogen) atoms. The quantitative estimate of drug-likeness (QED) is 0.380. The minimum atomic E-state index is -2.30. The van der Waals surface area contributed by atoms with E-state index in [2.05, 4.69) is 33.9 Å². The smallest absolute Gasteiger partial charge is 0.203 e. The van der Waals surface area contributed by atoms with E-state index in [4.69, 9.17) is 30.2 Å². The van der Waals surface area contributed by atoms with E-state index in [9.17, 15) is 9.90 Å². The molecule has 2 aromatic rings. The second-order valence-electron chi connectivity index (χ2n) is 11.3. The number of benzene rings is 2. The Hall–Kier alpha value is -2.06. The largest absolute Gasteiger partial charge is 0.492 e. The van der Waals surface area contributed by atoms with Gasteiger partial charge in [-0.3, -0.25) is 4.79 Å². The van der Waals surface area contributed by atoms with E-state index in [1.165, 1.54) is 0 Å². The van der Waals surface area contributed by atoms with Crippen LogP contribution < -0.4 is 14.2 Å². The molecule has 0 amide bonds. The van der Waals surface area contributed by atoms with Crippen molar-refractivity contribution in [1.82, 2.24) is 0 Å². The summed E-state index contributed by atoms with van der Waals surface area (Å²) in [6.07, 6.45) is -1.30. The van der Waals surface area contributed by atoms with E-state index in [0.29, 0.717) is 30.3 Å². The van der Waals surface area contributed by atoms with Crippen LogP contribution in [0, 0.1) is 0 Å². The Labute approximate surface area is 220 Å². The van der Waals surface area contributed by atoms with E-state index < -0.39 is 31.3 Å². The minimum absolute atomic E-state index is 0.0738. The summed E-state index contributed by atoms with van der Waals surface area (Å²) in [5.74, 6) is 1.20. The Kier molecular flexibility index (Phi) is 7.25. The van der Waals surface area contributed by atoms with Gasteiger partial charge >= 0.3 is 0 Å². The van der Waals surface area contributed by atoms with Gasteiger partial charge in [-0.25, -0.2) is 0 Å². The lowest BCUT2D eigenvalue weighted by atomic mass is 9.76. The highest BCUT2D eigenvalue weighted by Crippen LogP contribution is 2.59. The van der Waals surface area contributed by atoms with Gasteiger partial charge in [-0.15, -0.1) is 11.6 Å². The summed E-state index contributed by atoms with van der Waals surface area (Å²) in [7, 11) is 0.851. The van der Waals surface area contributed by atoms with Crippen LogP contribution in [-0.2, 0) is 27.7 Å². The van der Waals surface area contributed by atoms with Crippen molar-refractivity contribution in [3.05, 3.63) is 53.1 Å². The van der Waals surface area contributed by atoms with Crippen LogP contribution in [0.15, 0.2) is 36.4 Å². The Balaban J connectivity index is 1.85. The number of ether oxygens (including phenoxy) is 3. The number of alkyl halides is 1. The summed E-state index contributed by atoms with van der Waals surface area (Å²) in [5.41, 5.74) is 1.46. The zero-order chi connectivity index (χ0) is 26.5. The third kappa shape index (κ3) is 4.24. The maximum absolute atomic E-state index is 13.0. The first kappa shape index (κ1) is 27.0. The van der Waals surface area contributed by atoms with Crippen LogP contribution in [0.1, 0.15) is 43.9 Å². The lowest BCUT2D eigenvalue weighted by molar-refractivity contribution is -0.125. The van der Waals surface area contributed by atoms with Gasteiger partial charge in [0.25, 0.3) is 0 Å². The van der Waals surface area contributed by atoms with Crippen molar-refractivity contribution in [2.24, 2.45) is 0 Å². The molecule has 0 radical (unpaired) electrons. The second-order valence-corrected chi connectivity index (χ2v) is 16.6. The number of fused-ring (bicyclic) bond motifs is 2. The van der Waals surface area contributed by atoms with E-state index in [-0.39, 0.29) is 17.2 Å². The average molecular weight is 533 g/mol. The molecule has 0 unspecified atom stereocenters. The van der Waals surface area contributed by atoms with E-state index in [1.807, 2.05) is 36.4 Å². The summed E-state index contributed by atoms with van der Waals surface area (Å²) in [6.45, 7) is 11.1. The van der Waals surface area contributed by atoms with Crippen molar-refractivity contribution in [2.75, 3.05) is 14.2 Å². The van der Waals surface area contributed by atoms with Crippen LogP contribution in [0.25, 0.3) is 0 Å². The molecule has 2 aliphatic carbocycles. The number of Topliss-reactive ketones (excluding diaryl/α,β-unsaturated/α-hetero) is 1. The zero-order valence-electron chi connectivity index (χ0n) is 22.2. The number of hydrogen-bond donors (Lipinski definition) is 1. The molecule has 0 bridgehead atoms. The van der Waals surface area contributed by atoms with Gasteiger partial charge in [0.15, 0.2) is 25.6 Å². The van der Waals surface area contributed by atoms with Gasteiger partial charge in [0.1, 0.15) is 12.7 Å². The SMILES string of the molecule is COc1c(OCc2ccccc2)cc2c(c1OC)C[C@H](Cl)[C@]21[C@@H](O[Si](C)(C)C(C)(C)C)CC(=O)[C@H]1O. The average Bonchev–Trinajstić information content (AvgIpc) is 3.25. The molecule has 1 spiro atoms. The third-order valence-corrected chi connectivity index (χ3v) is 13.2. The normalized spacial score (nSPS) is 25.8. The molecule has 1 fully saturated rings. The highest BCUT2D eigenvalue weighted by atomic mass is 35.5. The fourth-order valence-corrected chi connectivity index (χ4v) is 7.16. The molecule has 0 saturated heterocycles. The third-order valence-electron chi connectivity index (χ3n) is 8.24. The number of methoxy groups -OCH3 is 2. The molecule has 2 aliphatic rings. The molecule has 4 rings (SSSR count). The van der Waals surface area contributed by atoms with Crippen LogP contribution in [0.4, 0.5) is 0 Å². The highest BCUT2D eigenvalue weighted by molar-refractivity contribution is 6.74. The molecule has 196 valence electrons. The lowest BCUT2D eigenvalue weighted by Crippen LogP contribution is -2.54. The first-order valence-corrected chi connectivity index (χ1v) is 15.7. The zero-order valence-corrected chi connectivity index (χ0v) is 23.9. The number of ketones is 1. The lowest BCUT2D eigenvalue weighted by Gasteiger charge is -2.44. The van der Waals surface area contributed by atoms with Crippen LogP contribution in [0.3, 0.4) is 0 Å². The molecule has 8 heteroatoms. The predicted molar refractivity (Wildman–Crippen MR) is 143 cm³/mol. The highest BCUT2D eigenvalue weighted by Gasteiger charge is 2.65. The summed E-state index contributed by atoms with van der Waals surface area (Å²) < 4.78 is 24.6. The minimum Gasteiger partial charge on any atom is -0.492 e. The molecular formula is C28H37ClO6Si. The number of hydrogen-bond acceptors (Lipinski definition) is 6. The molecule has 2 aromatic carbocycles. The maximum Gasteiger partial charge on any atom is 0.203 e. The molecule has 6 nitrogen and oxygen atoms in total. The van der Waals surface area contributed by atoms with Crippen molar-refractivity contribution < 1.29 is 28.5 Å². The van der Waals surface area contributed by atoms with Crippen LogP contribution in [-0.4, -0.2) is 51.0 Å². The molecule has 0 aromatic heterocycles. The van der Waals surface area contributed by atoms with Gasteiger partial charge in [0.05, 0.1) is 31.1 Å². The van der Waals surface area contributed by atoms with Gasteiger partial charge in [-0.05, 0) is 41.7 Å². The number of aliphatic hydroxyl groups excluding tert-OH is 1. The summed E-state index contributed by atoms with van der Waals surface area (Å²) in [4.78, 5) is 13.0. The predicted octanol–water partition coefficient (Wildman–Crippen LogP) is 5.41. The first-order chi connectivity index (χ1) is 16.9. The molecule has 1 saturated carbocycles. The van der Waals surface area contributed by atoms with Gasteiger partial charge in [0.2, 0.25) is 5.75 Å². The van der Waals surface area contributed by atoms with Gasteiger partial charge in [-0.1, -0.05) is 51.1 Å². The second kappa shape index (κ2) is 9.67. The monoisotopic (exact) mass is 532 g/mol. The molecular weight excluding hydrogens is 496 g/mol. The Morgan fingerprint density at radius 2 is 1.72 bits per heavy atom. The number of halogens is 1. The van der Waals surface area contributed by atoms with Crippen molar-refractivity contribution in [3.8, 4) is 17.2 Å². The summed E-state index contributed by atoms with van der Waals surface area (Å²) in [5, 5.41) is 10.8. The van der Waals surface area contributed by atoms with Crippen LogP contribution in [0.5, 0.6) is 17.2 Å². The molecule has 4 atom stereocenters. The van der Waals surface area contributed by atoms with E-state index >= 15 is 0 Å². The van der Waals surface area contributed by atoms with Crippen molar-refractivity contribution in [1.29, 1.82) is 0 Å². The molecule has 0 aliphatic heterocycles. The van der Waals surface area contributed by atoms with Crippen LogP contribution in [0.2, 0.25) is 18.1 Å². The van der Waals surface area contributed by atoms with E-state index in [0.717, 1.165) is 16.7 Å². The number of carbonyl (C=O) groups excluding carboxylic acids is 1. The number of aliphatic hydroxyl groups is 1. The topological polar surface area (TPSA) is 74.2 Å².